The first-order valence-corrected chi connectivity index (χ1v) is 7.45. The molecule has 3 nitrogen and oxygen atoms in total. The Bertz CT molecular complexity index is 504. The number of nitrogens with one attached hydrogen (secondary N) is 1. The summed E-state index contributed by atoms with van der Waals surface area (Å²) in [6.07, 6.45) is 2.71. The second-order valence-corrected chi connectivity index (χ2v) is 6.29. The Morgan fingerprint density at radius 2 is 2.20 bits per heavy atom. The van der Waals surface area contributed by atoms with Crippen molar-refractivity contribution in [1.82, 2.24) is 5.32 Å². The Balaban J connectivity index is 2.04. The van der Waals surface area contributed by atoms with Gasteiger partial charge in [0.2, 0.25) is 0 Å². The lowest BCUT2D eigenvalue weighted by Crippen LogP contribution is -2.22. The summed E-state index contributed by atoms with van der Waals surface area (Å²) in [5, 5.41) is 12.9. The maximum absolute atomic E-state index is 8.85. The number of benzene rings is 1. The lowest BCUT2D eigenvalue weighted by Gasteiger charge is -2.18. The lowest BCUT2D eigenvalue weighted by molar-refractivity contribution is 0.234. The van der Waals surface area contributed by atoms with Gasteiger partial charge in [-0.25, -0.2) is 0 Å². The van der Waals surface area contributed by atoms with Crippen molar-refractivity contribution in [1.29, 1.82) is 5.26 Å². The van der Waals surface area contributed by atoms with Crippen molar-refractivity contribution in [2.24, 2.45) is 5.41 Å². The number of hydrogen-bond acceptors (Lipinski definition) is 3. The fourth-order valence-electron chi connectivity index (χ4n) is 2.11. The van der Waals surface area contributed by atoms with Crippen molar-refractivity contribution < 1.29 is 4.74 Å². The van der Waals surface area contributed by atoms with Gasteiger partial charge in [0.1, 0.15) is 5.75 Å². The lowest BCUT2D eigenvalue weighted by atomic mass is 10.1. The molecule has 0 saturated heterocycles. The molecule has 1 N–H and O–H groups in total. The van der Waals surface area contributed by atoms with Crippen molar-refractivity contribution in [3.8, 4) is 11.8 Å². The minimum atomic E-state index is 0.0661. The van der Waals surface area contributed by atoms with Crippen LogP contribution < -0.4 is 10.1 Å². The van der Waals surface area contributed by atoms with Gasteiger partial charge in [-0.05, 0) is 18.9 Å². The molecule has 0 aromatic heterocycles. The van der Waals surface area contributed by atoms with Crippen LogP contribution in [0.2, 0.25) is 5.02 Å². The molecule has 1 aromatic rings. The quantitative estimate of drug-likeness (QED) is 0.829. The fraction of sp³-hybridized carbons (Fsp3) is 0.562. The minimum absolute atomic E-state index is 0.0661. The highest BCUT2D eigenvalue weighted by Crippen LogP contribution is 2.49. The van der Waals surface area contributed by atoms with Gasteiger partial charge >= 0.3 is 0 Å². The number of nitrogens with zero attached hydrogens (tertiary/aromatic N) is 1. The van der Waals surface area contributed by atoms with Crippen LogP contribution in [0.15, 0.2) is 18.2 Å². The molecule has 1 aliphatic rings. The summed E-state index contributed by atoms with van der Waals surface area (Å²) in [6.45, 7) is 5.53. The highest BCUT2D eigenvalue weighted by atomic mass is 35.5. The van der Waals surface area contributed by atoms with Crippen LogP contribution in [-0.4, -0.2) is 12.6 Å². The number of halogens is 1. The van der Waals surface area contributed by atoms with Crippen LogP contribution in [-0.2, 0) is 6.54 Å². The summed E-state index contributed by atoms with van der Waals surface area (Å²) in [5.74, 6) is 0.756. The average Bonchev–Trinajstić information content (AvgIpc) is 3.16. The molecule has 0 spiro atoms. The SMILES string of the molecule is CC(C)NCc1cccc(Cl)c1OCC1(CC#N)CC1. The Labute approximate surface area is 125 Å². The largest absolute Gasteiger partial charge is 0.491 e. The summed E-state index contributed by atoms with van der Waals surface area (Å²) in [7, 11) is 0. The first kappa shape index (κ1) is 15.2. The van der Waals surface area contributed by atoms with Crippen molar-refractivity contribution in [3.05, 3.63) is 28.8 Å². The summed E-state index contributed by atoms with van der Waals surface area (Å²) < 4.78 is 5.96. The Morgan fingerprint density at radius 1 is 1.45 bits per heavy atom. The summed E-state index contributed by atoms with van der Waals surface area (Å²) in [5.41, 5.74) is 1.13. The van der Waals surface area contributed by atoms with E-state index in [-0.39, 0.29) is 5.41 Å². The molecular weight excluding hydrogens is 272 g/mol. The van der Waals surface area contributed by atoms with Crippen LogP contribution in [0, 0.1) is 16.7 Å². The molecule has 0 amide bonds. The van der Waals surface area contributed by atoms with E-state index in [4.69, 9.17) is 21.6 Å². The fourth-order valence-corrected chi connectivity index (χ4v) is 2.36. The third kappa shape index (κ3) is 3.88. The number of para-hydroxylation sites is 1. The Morgan fingerprint density at radius 3 is 2.80 bits per heavy atom. The van der Waals surface area contributed by atoms with Gasteiger partial charge in [0, 0.05) is 30.0 Å². The first-order chi connectivity index (χ1) is 9.56. The van der Waals surface area contributed by atoms with Gasteiger partial charge in [0.25, 0.3) is 0 Å². The molecule has 0 heterocycles. The van der Waals surface area contributed by atoms with Crippen LogP contribution in [0.3, 0.4) is 0 Å². The predicted octanol–water partition coefficient (Wildman–Crippen LogP) is 3.91. The highest BCUT2D eigenvalue weighted by Gasteiger charge is 2.43. The van der Waals surface area contributed by atoms with Crippen LogP contribution >= 0.6 is 11.6 Å². The van der Waals surface area contributed by atoms with Gasteiger partial charge in [0.05, 0.1) is 17.7 Å². The molecule has 4 heteroatoms. The highest BCUT2D eigenvalue weighted by molar-refractivity contribution is 6.32. The first-order valence-electron chi connectivity index (χ1n) is 7.07. The maximum Gasteiger partial charge on any atom is 0.142 e. The summed E-state index contributed by atoms with van der Waals surface area (Å²) in [4.78, 5) is 0. The normalized spacial score (nSPS) is 15.9. The third-order valence-corrected chi connectivity index (χ3v) is 3.98. The second-order valence-electron chi connectivity index (χ2n) is 5.89. The van der Waals surface area contributed by atoms with Crippen molar-refractivity contribution in [2.75, 3.05) is 6.61 Å². The van der Waals surface area contributed by atoms with Gasteiger partial charge in [-0.2, -0.15) is 5.26 Å². The van der Waals surface area contributed by atoms with Crippen LogP contribution in [0.1, 0.15) is 38.7 Å². The van der Waals surface area contributed by atoms with Gasteiger partial charge in [-0.1, -0.05) is 37.6 Å². The van der Waals surface area contributed by atoms with E-state index >= 15 is 0 Å². The Hall–Kier alpha value is -1.24. The van der Waals surface area contributed by atoms with E-state index in [9.17, 15) is 0 Å². The molecule has 0 aliphatic heterocycles. The van der Waals surface area contributed by atoms with Gasteiger partial charge in [-0.15, -0.1) is 0 Å². The van der Waals surface area contributed by atoms with E-state index in [1.807, 2.05) is 18.2 Å². The van der Waals surface area contributed by atoms with E-state index in [0.717, 1.165) is 30.7 Å². The topological polar surface area (TPSA) is 45.0 Å². The molecule has 2 rings (SSSR count). The molecular formula is C16H21ClN2O. The number of ether oxygens (including phenoxy) is 1. The predicted molar refractivity (Wildman–Crippen MR) is 80.8 cm³/mol. The molecule has 20 heavy (non-hydrogen) atoms. The molecule has 108 valence electrons. The Kier molecular flexibility index (Phi) is 4.91. The number of hydrogen-bond donors (Lipinski definition) is 1. The zero-order valence-electron chi connectivity index (χ0n) is 12.1. The zero-order valence-corrected chi connectivity index (χ0v) is 12.8. The second kappa shape index (κ2) is 6.47. The van der Waals surface area contributed by atoms with Crippen molar-refractivity contribution >= 4 is 11.6 Å². The number of nitriles is 1. The molecule has 0 atom stereocenters. The standard InChI is InChI=1S/C16H21ClN2O/c1-12(2)19-10-13-4-3-5-14(17)15(13)20-11-16(6-7-16)8-9-18/h3-5,12,19H,6-8,10-11H2,1-2H3. The van der Waals surface area contributed by atoms with E-state index in [1.165, 1.54) is 0 Å². The van der Waals surface area contributed by atoms with E-state index < -0.39 is 0 Å². The third-order valence-electron chi connectivity index (χ3n) is 3.68. The maximum atomic E-state index is 8.85. The smallest absolute Gasteiger partial charge is 0.142 e. The summed E-state index contributed by atoms with van der Waals surface area (Å²) in [6, 6.07) is 8.48. The number of rotatable bonds is 7. The van der Waals surface area contributed by atoms with Gasteiger partial charge in [-0.3, -0.25) is 0 Å². The molecule has 1 aromatic carbocycles. The monoisotopic (exact) mass is 292 g/mol. The van der Waals surface area contributed by atoms with E-state index in [1.54, 1.807) is 0 Å². The van der Waals surface area contributed by atoms with E-state index in [2.05, 4.69) is 25.2 Å². The molecule has 0 unspecified atom stereocenters. The minimum Gasteiger partial charge on any atom is -0.491 e. The van der Waals surface area contributed by atoms with Gasteiger partial charge in [0.15, 0.2) is 0 Å². The summed E-state index contributed by atoms with van der Waals surface area (Å²) >= 11 is 6.25. The van der Waals surface area contributed by atoms with Crippen molar-refractivity contribution in [3.63, 3.8) is 0 Å². The molecule has 1 fully saturated rings. The molecule has 0 radical (unpaired) electrons. The van der Waals surface area contributed by atoms with Crippen LogP contribution in [0.4, 0.5) is 0 Å². The zero-order chi connectivity index (χ0) is 14.6. The van der Waals surface area contributed by atoms with Crippen molar-refractivity contribution in [2.45, 2.75) is 45.7 Å². The molecule has 1 aliphatic carbocycles. The van der Waals surface area contributed by atoms with Crippen LogP contribution in [0.25, 0.3) is 0 Å². The average molecular weight is 293 g/mol. The molecule has 1 saturated carbocycles. The van der Waals surface area contributed by atoms with Crippen LogP contribution in [0.5, 0.6) is 5.75 Å². The van der Waals surface area contributed by atoms with Gasteiger partial charge < -0.3 is 10.1 Å². The molecule has 0 bridgehead atoms. The van der Waals surface area contributed by atoms with E-state index in [0.29, 0.717) is 24.1 Å².